The summed E-state index contributed by atoms with van der Waals surface area (Å²) < 4.78 is 36.0. The molecule has 0 aliphatic rings. The van der Waals surface area contributed by atoms with Crippen LogP contribution < -0.4 is 29.6 Å². The topological polar surface area (TPSA) is 57.2 Å². The molecule has 2 aromatic rings. The Morgan fingerprint density at radius 2 is 1.25 bits per heavy atom. The van der Waals surface area contributed by atoms with Gasteiger partial charge in [-0.1, -0.05) is 64.3 Å². The monoisotopic (exact) mass is 356 g/mol. The molecule has 0 saturated carbocycles. The Morgan fingerprint density at radius 1 is 0.792 bits per heavy atom. The van der Waals surface area contributed by atoms with E-state index in [2.05, 4.69) is 13.8 Å². The molecule has 2 aromatic carbocycles. The molecule has 2 rings (SSSR count). The second-order valence-electron chi connectivity index (χ2n) is 6.01. The smallest absolute Gasteiger partial charge is 0.744 e. The molecule has 0 saturated heterocycles. The van der Waals surface area contributed by atoms with Crippen LogP contribution in [-0.4, -0.2) is 13.0 Å². The van der Waals surface area contributed by atoms with E-state index < -0.39 is 10.1 Å². The molecule has 0 amide bonds. The summed E-state index contributed by atoms with van der Waals surface area (Å²) in [6.07, 6.45) is 5.11. The Labute approximate surface area is 167 Å². The zero-order chi connectivity index (χ0) is 17.0. The summed E-state index contributed by atoms with van der Waals surface area (Å²) in [4.78, 5) is 0.0123. The van der Waals surface area contributed by atoms with Gasteiger partial charge in [-0.2, -0.15) is 0 Å². The van der Waals surface area contributed by atoms with Crippen LogP contribution in [0.25, 0.3) is 10.8 Å². The molecule has 0 fully saturated rings. The molecule has 3 nitrogen and oxygen atoms in total. The van der Waals surface area contributed by atoms with Crippen LogP contribution in [0, 0.1) is 0 Å². The summed E-state index contributed by atoms with van der Waals surface area (Å²) in [5, 5.41) is 1.52. The largest absolute Gasteiger partial charge is 1.00 e. The molecule has 0 radical (unpaired) electrons. The predicted octanol–water partition coefficient (Wildman–Crippen LogP) is 1.61. The van der Waals surface area contributed by atoms with E-state index in [1.807, 2.05) is 25.1 Å². The third-order valence-electron chi connectivity index (χ3n) is 4.25. The first-order chi connectivity index (χ1) is 11.0. The number of hydrogen-bond donors (Lipinski definition) is 0. The van der Waals surface area contributed by atoms with E-state index in [0.717, 1.165) is 48.6 Å². The summed E-state index contributed by atoms with van der Waals surface area (Å²) in [6.45, 7) is 6.24. The Kier molecular flexibility index (Phi) is 8.43. The minimum atomic E-state index is -4.50. The standard InChI is InChI=1S/C19H26O3S.Na/c1-4-9-14-15(10-5-2)17(11-6-3)19(23(20,21)22)18-13-8-7-12-16(14)18;/h7-8,12-13H,4-6,9-11H2,1-3H3,(H,20,21,22);/q;+1/p-1. The minimum absolute atomic E-state index is 0. The fourth-order valence-electron chi connectivity index (χ4n) is 3.48. The van der Waals surface area contributed by atoms with Gasteiger partial charge in [0.25, 0.3) is 0 Å². The summed E-state index contributed by atoms with van der Waals surface area (Å²) in [7, 11) is -4.50. The van der Waals surface area contributed by atoms with Gasteiger partial charge >= 0.3 is 29.6 Å². The van der Waals surface area contributed by atoms with E-state index >= 15 is 0 Å². The quantitative estimate of drug-likeness (QED) is 0.559. The Hall–Kier alpha value is -0.390. The van der Waals surface area contributed by atoms with Gasteiger partial charge in [0.05, 0.1) is 4.90 Å². The fourth-order valence-corrected chi connectivity index (χ4v) is 4.45. The van der Waals surface area contributed by atoms with E-state index in [0.29, 0.717) is 11.8 Å². The maximum Gasteiger partial charge on any atom is 1.00 e. The molecule has 0 aliphatic heterocycles. The molecule has 0 bridgehead atoms. The molecule has 126 valence electrons. The first-order valence-electron chi connectivity index (χ1n) is 8.46. The van der Waals surface area contributed by atoms with Gasteiger partial charge in [0.1, 0.15) is 10.1 Å². The molecule has 0 aromatic heterocycles. The second kappa shape index (κ2) is 9.35. The van der Waals surface area contributed by atoms with Crippen molar-refractivity contribution in [1.82, 2.24) is 0 Å². The maximum atomic E-state index is 12.0. The van der Waals surface area contributed by atoms with Crippen molar-refractivity contribution in [3.8, 4) is 0 Å². The van der Waals surface area contributed by atoms with Crippen molar-refractivity contribution in [1.29, 1.82) is 0 Å². The molecule has 0 N–H and O–H groups in total. The van der Waals surface area contributed by atoms with Crippen molar-refractivity contribution in [2.75, 3.05) is 0 Å². The van der Waals surface area contributed by atoms with Gasteiger partial charge in [0, 0.05) is 0 Å². The zero-order valence-electron chi connectivity index (χ0n) is 15.2. The summed E-state index contributed by atoms with van der Waals surface area (Å²) in [5.74, 6) is 0. The van der Waals surface area contributed by atoms with Gasteiger partial charge in [-0.25, -0.2) is 8.42 Å². The van der Waals surface area contributed by atoms with E-state index in [9.17, 15) is 13.0 Å². The molecular formula is C19H25NaO3S. The van der Waals surface area contributed by atoms with Crippen LogP contribution in [0.2, 0.25) is 0 Å². The first-order valence-corrected chi connectivity index (χ1v) is 9.87. The normalized spacial score (nSPS) is 11.5. The third-order valence-corrected chi connectivity index (χ3v) is 5.22. The van der Waals surface area contributed by atoms with Crippen LogP contribution in [0.4, 0.5) is 0 Å². The molecule has 0 heterocycles. The van der Waals surface area contributed by atoms with Gasteiger partial charge < -0.3 is 4.55 Å². The molecule has 0 atom stereocenters. The fraction of sp³-hybridized carbons (Fsp3) is 0.474. The van der Waals surface area contributed by atoms with Crippen LogP contribution >= 0.6 is 0 Å². The molecule has 5 heteroatoms. The van der Waals surface area contributed by atoms with Crippen molar-refractivity contribution >= 4 is 20.9 Å². The van der Waals surface area contributed by atoms with E-state index in [1.165, 1.54) is 5.56 Å². The van der Waals surface area contributed by atoms with Crippen molar-refractivity contribution in [3.63, 3.8) is 0 Å². The van der Waals surface area contributed by atoms with Gasteiger partial charge in [-0.3, -0.25) is 0 Å². The third kappa shape index (κ3) is 4.41. The Bertz CT molecular complexity index is 798. The Balaban J connectivity index is 0.00000288. The number of benzene rings is 2. The predicted molar refractivity (Wildman–Crippen MR) is 93.9 cm³/mol. The van der Waals surface area contributed by atoms with Crippen LogP contribution in [-0.2, 0) is 29.4 Å². The van der Waals surface area contributed by atoms with Gasteiger partial charge in [0.15, 0.2) is 0 Å². The van der Waals surface area contributed by atoms with Crippen molar-refractivity contribution in [2.24, 2.45) is 0 Å². The number of fused-ring (bicyclic) bond motifs is 1. The summed E-state index contributed by atoms with van der Waals surface area (Å²) >= 11 is 0. The van der Waals surface area contributed by atoms with Gasteiger partial charge in [0.2, 0.25) is 0 Å². The first kappa shape index (κ1) is 21.7. The summed E-state index contributed by atoms with van der Waals surface area (Å²) in [6, 6.07) is 7.44. The molecule has 0 spiro atoms. The minimum Gasteiger partial charge on any atom is -0.744 e. The average molecular weight is 356 g/mol. The van der Waals surface area contributed by atoms with Crippen LogP contribution in [0.3, 0.4) is 0 Å². The molecule has 24 heavy (non-hydrogen) atoms. The Morgan fingerprint density at radius 3 is 1.75 bits per heavy atom. The SMILES string of the molecule is CCCc1c(CCC)c(S(=O)(=O)[O-])c2ccccc2c1CCC.[Na+]. The van der Waals surface area contributed by atoms with Gasteiger partial charge in [-0.15, -0.1) is 0 Å². The van der Waals surface area contributed by atoms with E-state index in [4.69, 9.17) is 0 Å². The summed E-state index contributed by atoms with van der Waals surface area (Å²) in [5.41, 5.74) is 3.07. The van der Waals surface area contributed by atoms with Crippen LogP contribution in [0.1, 0.15) is 56.7 Å². The maximum absolute atomic E-state index is 12.0. The van der Waals surface area contributed by atoms with Crippen LogP contribution in [0.15, 0.2) is 29.2 Å². The van der Waals surface area contributed by atoms with Crippen LogP contribution in [0.5, 0.6) is 0 Å². The van der Waals surface area contributed by atoms with Crippen molar-refractivity contribution in [3.05, 3.63) is 41.0 Å². The van der Waals surface area contributed by atoms with E-state index in [1.54, 1.807) is 6.07 Å². The molecule has 0 aliphatic carbocycles. The van der Waals surface area contributed by atoms with Crippen molar-refractivity contribution in [2.45, 2.75) is 64.2 Å². The second-order valence-corrected chi connectivity index (χ2v) is 7.33. The van der Waals surface area contributed by atoms with E-state index in [-0.39, 0.29) is 34.5 Å². The zero-order valence-corrected chi connectivity index (χ0v) is 18.0. The average Bonchev–Trinajstić information content (AvgIpc) is 2.49. The number of aryl methyl sites for hydroxylation is 1. The number of hydrogen-bond acceptors (Lipinski definition) is 3. The molecular weight excluding hydrogens is 331 g/mol. The van der Waals surface area contributed by atoms with Crippen molar-refractivity contribution < 1.29 is 42.5 Å². The molecule has 0 unspecified atom stereocenters. The van der Waals surface area contributed by atoms with Gasteiger partial charge in [-0.05, 0) is 46.7 Å². The number of rotatable bonds is 7.